The summed E-state index contributed by atoms with van der Waals surface area (Å²) in [7, 11) is 6.11. The van der Waals surface area contributed by atoms with Crippen LogP contribution in [0.4, 0.5) is 0 Å². The Balaban J connectivity index is 1.64. The molecule has 3 amide bonds. The van der Waals surface area contributed by atoms with Crippen molar-refractivity contribution in [2.24, 2.45) is 0 Å². The van der Waals surface area contributed by atoms with Gasteiger partial charge in [0.25, 0.3) is 11.8 Å². The first kappa shape index (κ1) is 22.8. The van der Waals surface area contributed by atoms with Gasteiger partial charge in [0, 0.05) is 38.8 Å². The van der Waals surface area contributed by atoms with Gasteiger partial charge in [0.05, 0.1) is 31.4 Å². The molecule has 2 heterocycles. The van der Waals surface area contributed by atoms with Gasteiger partial charge in [-0.05, 0) is 24.3 Å². The average molecular weight is 454 g/mol. The van der Waals surface area contributed by atoms with Crippen LogP contribution in [0.1, 0.15) is 32.7 Å². The minimum absolute atomic E-state index is 0.233. The number of fused-ring (bicyclic) bond motifs is 1. The molecule has 0 spiro atoms. The van der Waals surface area contributed by atoms with Crippen LogP contribution in [0, 0.1) is 0 Å². The molecule has 2 aliphatic heterocycles. The lowest BCUT2D eigenvalue weighted by Crippen LogP contribution is -2.71. The van der Waals surface area contributed by atoms with E-state index in [1.807, 2.05) is 6.07 Å². The molecule has 0 N–H and O–H groups in total. The summed E-state index contributed by atoms with van der Waals surface area (Å²) in [5.41, 5.74) is 1.38. The van der Waals surface area contributed by atoms with Crippen molar-refractivity contribution in [1.82, 2.24) is 9.80 Å². The highest BCUT2D eigenvalue weighted by Gasteiger charge is 2.56. The number of likely N-dealkylation sites (tertiary alicyclic amines) is 1. The van der Waals surface area contributed by atoms with Crippen LogP contribution in [0.25, 0.3) is 0 Å². The largest absolute Gasteiger partial charge is 0.497 e. The quantitative estimate of drug-likeness (QED) is 0.325. The number of methoxy groups -OCH3 is 4. The van der Waals surface area contributed by atoms with E-state index in [-0.39, 0.29) is 18.9 Å². The Morgan fingerprint density at radius 2 is 1.52 bits per heavy atom. The van der Waals surface area contributed by atoms with E-state index >= 15 is 0 Å². The maximum atomic E-state index is 13.3. The molecule has 174 valence electrons. The number of rotatable bonds is 9. The number of carbonyl (C=O) groups excluding carboxylic acids is 3. The van der Waals surface area contributed by atoms with Gasteiger partial charge in [0.2, 0.25) is 5.91 Å². The van der Waals surface area contributed by atoms with Crippen molar-refractivity contribution in [2.45, 2.75) is 31.3 Å². The molecule has 9 heteroatoms. The van der Waals surface area contributed by atoms with Crippen LogP contribution >= 0.6 is 0 Å². The number of hydrogen-bond acceptors (Lipinski definition) is 7. The molecule has 33 heavy (non-hydrogen) atoms. The third-order valence-electron chi connectivity index (χ3n) is 6.20. The monoisotopic (exact) mass is 454 g/mol. The number of nitrogens with zero attached hydrogens (tertiary/aromatic N) is 2. The predicted molar refractivity (Wildman–Crippen MR) is 117 cm³/mol. The van der Waals surface area contributed by atoms with Gasteiger partial charge < -0.3 is 23.8 Å². The molecule has 2 atom stereocenters. The summed E-state index contributed by atoms with van der Waals surface area (Å²) < 4.78 is 21.4. The first-order valence-corrected chi connectivity index (χ1v) is 10.5. The molecule has 0 saturated carbocycles. The second-order valence-corrected chi connectivity index (χ2v) is 7.82. The van der Waals surface area contributed by atoms with E-state index in [1.54, 1.807) is 55.5 Å². The fourth-order valence-corrected chi connectivity index (χ4v) is 4.43. The van der Waals surface area contributed by atoms with E-state index in [0.29, 0.717) is 22.6 Å². The van der Waals surface area contributed by atoms with Gasteiger partial charge in [0.15, 0.2) is 6.29 Å². The van der Waals surface area contributed by atoms with E-state index < -0.39 is 30.2 Å². The van der Waals surface area contributed by atoms with Crippen LogP contribution in [0.5, 0.6) is 11.5 Å². The highest BCUT2D eigenvalue weighted by Crippen LogP contribution is 2.37. The third-order valence-corrected chi connectivity index (χ3v) is 6.20. The second-order valence-electron chi connectivity index (χ2n) is 7.82. The zero-order valence-corrected chi connectivity index (χ0v) is 18.9. The lowest BCUT2D eigenvalue weighted by atomic mass is 9.89. The minimum atomic E-state index is -0.936. The van der Waals surface area contributed by atoms with Crippen molar-refractivity contribution in [3.63, 3.8) is 0 Å². The molecule has 2 aromatic rings. The molecule has 9 nitrogen and oxygen atoms in total. The van der Waals surface area contributed by atoms with Crippen molar-refractivity contribution >= 4 is 17.7 Å². The smallest absolute Gasteiger partial charge is 0.262 e. The molecule has 2 aromatic carbocycles. The first-order chi connectivity index (χ1) is 15.9. The molecule has 4 rings (SSSR count). The van der Waals surface area contributed by atoms with E-state index in [9.17, 15) is 14.4 Å². The van der Waals surface area contributed by atoms with E-state index in [1.165, 1.54) is 14.2 Å². The fourth-order valence-electron chi connectivity index (χ4n) is 4.43. The van der Waals surface area contributed by atoms with E-state index in [2.05, 4.69) is 0 Å². The predicted octanol–water partition coefficient (Wildman–Crippen LogP) is 2.09. The zero-order valence-electron chi connectivity index (χ0n) is 18.9. The van der Waals surface area contributed by atoms with Gasteiger partial charge in [-0.2, -0.15) is 0 Å². The minimum Gasteiger partial charge on any atom is -0.497 e. The molecular formula is C24H26N2O7. The zero-order chi connectivity index (χ0) is 23.7. The van der Waals surface area contributed by atoms with Crippen LogP contribution in [0.2, 0.25) is 0 Å². The van der Waals surface area contributed by atoms with Crippen LogP contribution < -0.4 is 9.47 Å². The SMILES string of the molecule is COc1ccc(CN2C(=O)C(N3C(=O)c4ccccc4C3=O)C2CC(OC)OC)c(OC)c1. The van der Waals surface area contributed by atoms with Crippen LogP contribution in [0.15, 0.2) is 42.5 Å². The van der Waals surface area contributed by atoms with Crippen molar-refractivity contribution in [3.05, 3.63) is 59.2 Å². The van der Waals surface area contributed by atoms with Crippen molar-refractivity contribution in [2.75, 3.05) is 28.4 Å². The Bertz CT molecular complexity index is 1050. The number of carbonyl (C=O) groups is 3. The topological polar surface area (TPSA) is 94.6 Å². The molecule has 0 aliphatic carbocycles. The highest BCUT2D eigenvalue weighted by atomic mass is 16.7. The van der Waals surface area contributed by atoms with Crippen molar-refractivity contribution < 1.29 is 33.3 Å². The van der Waals surface area contributed by atoms with Crippen LogP contribution in [0.3, 0.4) is 0 Å². The van der Waals surface area contributed by atoms with Crippen molar-refractivity contribution in [1.29, 1.82) is 0 Å². The normalized spacial score (nSPS) is 19.7. The lowest BCUT2D eigenvalue weighted by Gasteiger charge is -2.50. The number of amides is 3. The summed E-state index contributed by atoms with van der Waals surface area (Å²) >= 11 is 0. The Hall–Kier alpha value is -3.43. The molecule has 2 aliphatic rings. The number of ether oxygens (including phenoxy) is 4. The maximum Gasteiger partial charge on any atom is 0.262 e. The maximum absolute atomic E-state index is 13.3. The van der Waals surface area contributed by atoms with Gasteiger partial charge in [-0.15, -0.1) is 0 Å². The number of hydrogen-bond donors (Lipinski definition) is 0. The number of β-lactam (4-membered cyclic amide) rings is 1. The molecule has 1 saturated heterocycles. The average Bonchev–Trinajstić information content (AvgIpc) is 3.09. The summed E-state index contributed by atoms with van der Waals surface area (Å²) in [5, 5.41) is 0. The van der Waals surface area contributed by atoms with Crippen LogP contribution in [-0.2, 0) is 20.8 Å². The van der Waals surface area contributed by atoms with Gasteiger partial charge in [0.1, 0.15) is 17.5 Å². The van der Waals surface area contributed by atoms with E-state index in [0.717, 1.165) is 10.5 Å². The molecule has 0 bridgehead atoms. The van der Waals surface area contributed by atoms with Crippen LogP contribution in [-0.4, -0.2) is 74.3 Å². The fraction of sp³-hybridized carbons (Fsp3) is 0.375. The van der Waals surface area contributed by atoms with Gasteiger partial charge in [-0.1, -0.05) is 12.1 Å². The highest BCUT2D eigenvalue weighted by molar-refractivity contribution is 6.23. The van der Waals surface area contributed by atoms with Gasteiger partial charge in [-0.25, -0.2) is 0 Å². The third kappa shape index (κ3) is 3.83. The standard InChI is InChI=1S/C24H26N2O7/c1-30-15-10-9-14(19(11-15)31-2)13-25-18(12-20(32-3)33-4)21(24(25)29)26-22(27)16-7-5-6-8-17(16)23(26)28/h5-11,18,20-21H,12-13H2,1-4H3. The molecular weight excluding hydrogens is 428 g/mol. The Kier molecular flexibility index (Phi) is 6.35. The summed E-state index contributed by atoms with van der Waals surface area (Å²) in [4.78, 5) is 42.1. The summed E-state index contributed by atoms with van der Waals surface area (Å²) in [6.07, 6.45) is -0.323. The number of imide groups is 1. The van der Waals surface area contributed by atoms with Gasteiger partial charge >= 0.3 is 0 Å². The summed E-state index contributed by atoms with van der Waals surface area (Å²) in [6.45, 7) is 0.233. The molecule has 0 radical (unpaired) electrons. The van der Waals surface area contributed by atoms with E-state index in [4.69, 9.17) is 18.9 Å². The van der Waals surface area contributed by atoms with Crippen molar-refractivity contribution in [3.8, 4) is 11.5 Å². The second kappa shape index (κ2) is 9.21. The Morgan fingerprint density at radius 3 is 2.06 bits per heavy atom. The number of benzene rings is 2. The molecule has 2 unspecified atom stereocenters. The molecule has 1 fully saturated rings. The lowest BCUT2D eigenvalue weighted by molar-refractivity contribution is -0.169. The summed E-state index contributed by atoms with van der Waals surface area (Å²) in [6, 6.07) is 10.5. The Labute approximate surface area is 191 Å². The Morgan fingerprint density at radius 1 is 0.879 bits per heavy atom. The molecule has 0 aromatic heterocycles. The summed E-state index contributed by atoms with van der Waals surface area (Å²) in [5.74, 6) is -0.0534. The first-order valence-electron chi connectivity index (χ1n) is 10.5. The van der Waals surface area contributed by atoms with Gasteiger partial charge in [-0.3, -0.25) is 19.3 Å².